The van der Waals surface area contributed by atoms with E-state index < -0.39 is 10.8 Å². The van der Waals surface area contributed by atoms with Gasteiger partial charge < -0.3 is 0 Å². The third-order valence-corrected chi connectivity index (χ3v) is 2.34. The molecule has 20 heavy (non-hydrogen) atoms. The van der Waals surface area contributed by atoms with Crippen molar-refractivity contribution in [2.24, 2.45) is 5.10 Å². The van der Waals surface area contributed by atoms with Crippen LogP contribution in [0.2, 0.25) is 0 Å². The maximum atomic E-state index is 11.5. The summed E-state index contributed by atoms with van der Waals surface area (Å²) in [5.41, 5.74) is 3.01. The molecule has 0 fully saturated rings. The second-order valence-corrected chi connectivity index (χ2v) is 3.86. The molecule has 2 aromatic rings. The van der Waals surface area contributed by atoms with Crippen molar-refractivity contribution < 1.29 is 9.72 Å². The number of amides is 1. The number of rotatable bonds is 5. The van der Waals surface area contributed by atoms with E-state index in [1.165, 1.54) is 17.1 Å². The maximum absolute atomic E-state index is 11.5. The molecule has 0 aliphatic rings. The van der Waals surface area contributed by atoms with Crippen LogP contribution < -0.4 is 5.43 Å². The van der Waals surface area contributed by atoms with Crippen LogP contribution in [0.4, 0.5) is 5.69 Å². The van der Waals surface area contributed by atoms with Gasteiger partial charge in [-0.1, -0.05) is 30.3 Å². The van der Waals surface area contributed by atoms with E-state index in [9.17, 15) is 14.9 Å². The van der Waals surface area contributed by atoms with Crippen LogP contribution in [0.3, 0.4) is 0 Å². The zero-order valence-corrected chi connectivity index (χ0v) is 10.3. The van der Waals surface area contributed by atoms with E-state index in [0.717, 1.165) is 11.8 Å². The highest BCUT2D eigenvalue weighted by atomic mass is 16.6. The molecule has 0 saturated carbocycles. The van der Waals surface area contributed by atoms with Crippen molar-refractivity contribution in [1.29, 1.82) is 0 Å². The number of nitrogens with one attached hydrogen (secondary N) is 1. The van der Waals surface area contributed by atoms with Crippen LogP contribution in [0, 0.1) is 10.1 Å². The summed E-state index contributed by atoms with van der Waals surface area (Å²) in [5, 5.41) is 17.9. The zero-order valence-electron chi connectivity index (χ0n) is 10.3. The molecule has 0 unspecified atom stereocenters. The third-order valence-electron chi connectivity index (χ3n) is 2.34. The van der Waals surface area contributed by atoms with Gasteiger partial charge in [0.05, 0.1) is 11.1 Å². The predicted octanol–water partition coefficient (Wildman–Crippen LogP) is 0.942. The summed E-state index contributed by atoms with van der Waals surface area (Å²) in [5.74, 6) is -0.421. The fraction of sp³-hybridized carbons (Fsp3) is 0.0833. The number of hydrogen-bond donors (Lipinski definition) is 1. The number of nitro groups is 1. The first kappa shape index (κ1) is 13.4. The van der Waals surface area contributed by atoms with E-state index in [4.69, 9.17) is 0 Å². The summed E-state index contributed by atoms with van der Waals surface area (Å²) in [6, 6.07) is 9.26. The second kappa shape index (κ2) is 6.23. The standard InChI is InChI=1S/C12H11N5O3/c18-12(9-16-8-11(7-14-16)17(19)20)15-13-6-10-4-2-1-3-5-10/h1-8H,9H2,(H,15,18)/b13-6+. The van der Waals surface area contributed by atoms with Gasteiger partial charge in [0.15, 0.2) is 0 Å². The number of hydrazone groups is 1. The summed E-state index contributed by atoms with van der Waals surface area (Å²) in [6.45, 7) is -0.139. The van der Waals surface area contributed by atoms with Crippen LogP contribution in [0.1, 0.15) is 5.56 Å². The Hall–Kier alpha value is -3.03. The second-order valence-electron chi connectivity index (χ2n) is 3.86. The Balaban J connectivity index is 1.86. The van der Waals surface area contributed by atoms with E-state index >= 15 is 0 Å². The number of aromatic nitrogens is 2. The molecule has 1 aromatic carbocycles. The van der Waals surface area contributed by atoms with Crippen LogP contribution in [0.5, 0.6) is 0 Å². The van der Waals surface area contributed by atoms with Crippen molar-refractivity contribution in [3.8, 4) is 0 Å². The van der Waals surface area contributed by atoms with Gasteiger partial charge in [0.25, 0.3) is 5.91 Å². The van der Waals surface area contributed by atoms with Gasteiger partial charge in [0.1, 0.15) is 18.9 Å². The summed E-state index contributed by atoms with van der Waals surface area (Å²) in [4.78, 5) is 21.4. The minimum absolute atomic E-state index is 0.139. The first-order valence-corrected chi connectivity index (χ1v) is 5.69. The zero-order chi connectivity index (χ0) is 14.4. The highest BCUT2D eigenvalue weighted by Gasteiger charge is 2.10. The number of carbonyl (C=O) groups is 1. The van der Waals surface area contributed by atoms with Crippen molar-refractivity contribution in [3.05, 3.63) is 58.4 Å². The van der Waals surface area contributed by atoms with Crippen LogP contribution in [0.15, 0.2) is 47.8 Å². The van der Waals surface area contributed by atoms with E-state index in [0.29, 0.717) is 0 Å². The van der Waals surface area contributed by atoms with Gasteiger partial charge in [-0.25, -0.2) is 5.43 Å². The monoisotopic (exact) mass is 273 g/mol. The fourth-order valence-corrected chi connectivity index (χ4v) is 1.43. The van der Waals surface area contributed by atoms with Crippen LogP contribution >= 0.6 is 0 Å². The normalized spacial score (nSPS) is 10.6. The molecule has 102 valence electrons. The van der Waals surface area contributed by atoms with Gasteiger partial charge in [-0.15, -0.1) is 0 Å². The largest absolute Gasteiger partial charge is 0.307 e. The summed E-state index contributed by atoms with van der Waals surface area (Å²) >= 11 is 0. The molecule has 1 heterocycles. The lowest BCUT2D eigenvalue weighted by molar-refractivity contribution is -0.385. The molecule has 0 spiro atoms. The van der Waals surface area contributed by atoms with Gasteiger partial charge >= 0.3 is 5.69 Å². The lowest BCUT2D eigenvalue weighted by Crippen LogP contribution is -2.23. The lowest BCUT2D eigenvalue weighted by Gasteiger charge is -1.99. The fourth-order valence-electron chi connectivity index (χ4n) is 1.43. The molecular weight excluding hydrogens is 262 g/mol. The third kappa shape index (κ3) is 3.73. The highest BCUT2D eigenvalue weighted by molar-refractivity contribution is 5.82. The number of benzene rings is 1. The molecule has 0 radical (unpaired) electrons. The lowest BCUT2D eigenvalue weighted by atomic mass is 10.2. The molecular formula is C12H11N5O3. The Morgan fingerprint density at radius 3 is 2.85 bits per heavy atom. The average Bonchev–Trinajstić information content (AvgIpc) is 2.88. The quantitative estimate of drug-likeness (QED) is 0.497. The summed E-state index contributed by atoms with van der Waals surface area (Å²) in [7, 11) is 0. The van der Waals surface area contributed by atoms with E-state index in [-0.39, 0.29) is 12.2 Å². The van der Waals surface area contributed by atoms with Gasteiger partial charge in [-0.2, -0.15) is 10.2 Å². The Morgan fingerprint density at radius 2 is 2.20 bits per heavy atom. The van der Waals surface area contributed by atoms with Crippen molar-refractivity contribution in [1.82, 2.24) is 15.2 Å². The molecule has 0 bridgehead atoms. The molecule has 0 aliphatic heterocycles. The van der Waals surface area contributed by atoms with Crippen LogP contribution in [-0.2, 0) is 11.3 Å². The van der Waals surface area contributed by atoms with Gasteiger partial charge in [-0.3, -0.25) is 19.6 Å². The smallest absolute Gasteiger partial charge is 0.271 e. The van der Waals surface area contributed by atoms with E-state index in [1.54, 1.807) is 0 Å². The summed E-state index contributed by atoms with van der Waals surface area (Å²) in [6.07, 6.45) is 3.77. The molecule has 8 heteroatoms. The first-order valence-electron chi connectivity index (χ1n) is 5.69. The van der Waals surface area contributed by atoms with Gasteiger partial charge in [0, 0.05) is 0 Å². The Kier molecular flexibility index (Phi) is 4.17. The minimum Gasteiger partial charge on any atom is -0.271 e. The first-order chi connectivity index (χ1) is 9.65. The molecule has 8 nitrogen and oxygen atoms in total. The van der Waals surface area contributed by atoms with Crippen molar-refractivity contribution in [2.45, 2.75) is 6.54 Å². The van der Waals surface area contributed by atoms with Gasteiger partial charge in [0.2, 0.25) is 0 Å². The van der Waals surface area contributed by atoms with Crippen molar-refractivity contribution in [3.63, 3.8) is 0 Å². The van der Waals surface area contributed by atoms with Crippen molar-refractivity contribution >= 4 is 17.8 Å². The minimum atomic E-state index is -0.574. The average molecular weight is 273 g/mol. The Bertz CT molecular complexity index is 636. The maximum Gasteiger partial charge on any atom is 0.307 e. The number of nitrogens with zero attached hydrogens (tertiary/aromatic N) is 4. The predicted molar refractivity (Wildman–Crippen MR) is 71.1 cm³/mol. The molecule has 0 saturated heterocycles. The molecule has 1 amide bonds. The Morgan fingerprint density at radius 1 is 1.45 bits per heavy atom. The van der Waals surface area contributed by atoms with E-state index in [1.807, 2.05) is 30.3 Å². The number of hydrogen-bond acceptors (Lipinski definition) is 5. The SMILES string of the molecule is O=C(Cn1cc([N+](=O)[O-])cn1)N/N=C/c1ccccc1. The Labute approximate surface area is 113 Å². The topological polar surface area (TPSA) is 102 Å². The molecule has 0 atom stereocenters. The van der Waals surface area contributed by atoms with Crippen LogP contribution in [0.25, 0.3) is 0 Å². The van der Waals surface area contributed by atoms with Crippen LogP contribution in [-0.4, -0.2) is 26.8 Å². The molecule has 1 aromatic heterocycles. The summed E-state index contributed by atoms with van der Waals surface area (Å²) < 4.78 is 1.17. The molecule has 2 rings (SSSR count). The van der Waals surface area contributed by atoms with E-state index in [2.05, 4.69) is 15.6 Å². The highest BCUT2D eigenvalue weighted by Crippen LogP contribution is 2.07. The van der Waals surface area contributed by atoms with Gasteiger partial charge in [-0.05, 0) is 5.56 Å². The molecule has 1 N–H and O–H groups in total. The molecule has 0 aliphatic carbocycles. The number of carbonyl (C=O) groups excluding carboxylic acids is 1. The van der Waals surface area contributed by atoms with Crippen molar-refractivity contribution in [2.75, 3.05) is 0 Å².